The van der Waals surface area contributed by atoms with Gasteiger partial charge in [-0.3, -0.25) is 4.79 Å². The molecule has 3 amide bonds. The Morgan fingerprint density at radius 1 is 0.971 bits per heavy atom. The molecule has 6 nitrogen and oxygen atoms in total. The summed E-state index contributed by atoms with van der Waals surface area (Å²) in [7, 11) is 0. The minimum absolute atomic E-state index is 0.00867. The Balaban J connectivity index is 1.84. The second-order valence-electron chi connectivity index (χ2n) is 9.14. The van der Waals surface area contributed by atoms with Crippen molar-refractivity contribution in [2.45, 2.75) is 76.2 Å². The Bertz CT molecular complexity index is 834. The molecule has 1 unspecified atom stereocenters. The van der Waals surface area contributed by atoms with Gasteiger partial charge in [0.2, 0.25) is 5.91 Å². The third-order valence-electron chi connectivity index (χ3n) is 6.21. The molecule has 1 aliphatic rings. The Morgan fingerprint density at radius 2 is 1.54 bits per heavy atom. The first kappa shape index (κ1) is 28.7. The molecule has 12 heteroatoms. The number of halogens is 6. The van der Waals surface area contributed by atoms with E-state index in [4.69, 9.17) is 5.73 Å². The van der Waals surface area contributed by atoms with Crippen molar-refractivity contribution in [2.75, 3.05) is 18.4 Å². The highest BCUT2D eigenvalue weighted by Gasteiger charge is 2.37. The number of hydrogen-bond donors (Lipinski definition) is 4. The number of rotatable bonds is 9. The van der Waals surface area contributed by atoms with Crippen LogP contribution in [0.15, 0.2) is 18.2 Å². The van der Waals surface area contributed by atoms with Crippen molar-refractivity contribution in [3.63, 3.8) is 0 Å². The number of nitrogens with one attached hydrogen (secondary N) is 3. The van der Waals surface area contributed by atoms with E-state index in [1.807, 2.05) is 12.2 Å². The average molecular weight is 511 g/mol. The standard InChI is InChI=1S/C23H32F6N4O2/c1-2-15(6-9-31-19(34)13-21(30)7-4-3-5-8-21)14-32-20(35)33-18-11-16(22(24,25)26)10-17(12-18)23(27,28)29/h10-12,15H,2-9,13-14,30H2,1H3,(H,31,34)(H2,32,33,35). The van der Waals surface area contributed by atoms with Crippen LogP contribution >= 0.6 is 0 Å². The molecule has 0 heterocycles. The molecule has 1 saturated carbocycles. The van der Waals surface area contributed by atoms with Gasteiger partial charge in [0.25, 0.3) is 0 Å². The van der Waals surface area contributed by atoms with Gasteiger partial charge < -0.3 is 21.7 Å². The van der Waals surface area contributed by atoms with Gasteiger partial charge in [-0.05, 0) is 43.4 Å². The maximum Gasteiger partial charge on any atom is 0.416 e. The quantitative estimate of drug-likeness (QED) is 0.334. The summed E-state index contributed by atoms with van der Waals surface area (Å²) in [6.45, 7) is 2.36. The lowest BCUT2D eigenvalue weighted by atomic mass is 9.80. The van der Waals surface area contributed by atoms with Gasteiger partial charge >= 0.3 is 18.4 Å². The van der Waals surface area contributed by atoms with Crippen LogP contribution in [0.1, 0.15) is 69.4 Å². The van der Waals surface area contributed by atoms with Crippen LogP contribution in [-0.4, -0.2) is 30.6 Å². The third-order valence-corrected chi connectivity index (χ3v) is 6.21. The average Bonchev–Trinajstić information content (AvgIpc) is 2.74. The highest BCUT2D eigenvalue weighted by atomic mass is 19.4. The summed E-state index contributed by atoms with van der Waals surface area (Å²) in [4.78, 5) is 24.3. The minimum atomic E-state index is -5.01. The third kappa shape index (κ3) is 9.58. The van der Waals surface area contributed by atoms with E-state index in [0.29, 0.717) is 31.5 Å². The molecule has 2 rings (SSSR count). The summed E-state index contributed by atoms with van der Waals surface area (Å²) in [6.07, 6.45) is -3.83. The van der Waals surface area contributed by atoms with Gasteiger partial charge in [-0.25, -0.2) is 4.79 Å². The van der Waals surface area contributed by atoms with Crippen molar-refractivity contribution in [3.05, 3.63) is 29.3 Å². The molecule has 1 aliphatic carbocycles. The summed E-state index contributed by atoms with van der Waals surface area (Å²) in [5.41, 5.74) is 2.16. The van der Waals surface area contributed by atoms with Crippen molar-refractivity contribution in [1.82, 2.24) is 10.6 Å². The smallest absolute Gasteiger partial charge is 0.356 e. The lowest BCUT2D eigenvalue weighted by Gasteiger charge is -2.32. The topological polar surface area (TPSA) is 96.2 Å². The molecule has 0 bridgehead atoms. The highest BCUT2D eigenvalue weighted by Crippen LogP contribution is 2.37. The molecule has 1 aromatic rings. The van der Waals surface area contributed by atoms with Gasteiger partial charge in [0.05, 0.1) is 11.1 Å². The number of anilines is 1. The molecule has 0 aromatic heterocycles. The molecule has 35 heavy (non-hydrogen) atoms. The lowest BCUT2D eigenvalue weighted by molar-refractivity contribution is -0.143. The Morgan fingerprint density at radius 3 is 2.06 bits per heavy atom. The van der Waals surface area contributed by atoms with Crippen LogP contribution in [0, 0.1) is 5.92 Å². The molecular weight excluding hydrogens is 478 g/mol. The molecule has 1 aromatic carbocycles. The normalized spacial score (nSPS) is 16.9. The van der Waals surface area contributed by atoms with E-state index >= 15 is 0 Å². The molecular formula is C23H32F6N4O2. The maximum absolute atomic E-state index is 13.0. The van der Waals surface area contributed by atoms with Crippen molar-refractivity contribution >= 4 is 17.6 Å². The second-order valence-corrected chi connectivity index (χ2v) is 9.14. The van der Waals surface area contributed by atoms with Crippen LogP contribution in [0.2, 0.25) is 0 Å². The van der Waals surface area contributed by atoms with Gasteiger partial charge in [-0.1, -0.05) is 32.6 Å². The molecule has 0 saturated heterocycles. The van der Waals surface area contributed by atoms with E-state index in [-0.39, 0.29) is 30.9 Å². The van der Waals surface area contributed by atoms with Gasteiger partial charge in [-0.15, -0.1) is 0 Å². The highest BCUT2D eigenvalue weighted by molar-refractivity contribution is 5.89. The van der Waals surface area contributed by atoms with Crippen LogP contribution < -0.4 is 21.7 Å². The van der Waals surface area contributed by atoms with Gasteiger partial charge in [0.15, 0.2) is 0 Å². The van der Waals surface area contributed by atoms with Crippen LogP contribution in [0.25, 0.3) is 0 Å². The Hall–Kier alpha value is -2.50. The van der Waals surface area contributed by atoms with E-state index in [1.54, 1.807) is 0 Å². The Labute approximate surface area is 200 Å². The number of carbonyl (C=O) groups excluding carboxylic acids is 2. The number of carbonyl (C=O) groups is 2. The molecule has 1 atom stereocenters. The van der Waals surface area contributed by atoms with E-state index in [9.17, 15) is 35.9 Å². The molecule has 5 N–H and O–H groups in total. The van der Waals surface area contributed by atoms with Crippen molar-refractivity contribution in [3.8, 4) is 0 Å². The van der Waals surface area contributed by atoms with Gasteiger partial charge in [0.1, 0.15) is 0 Å². The van der Waals surface area contributed by atoms with Crippen LogP contribution in [0.4, 0.5) is 36.8 Å². The fourth-order valence-corrected chi connectivity index (χ4v) is 4.12. The molecule has 0 aliphatic heterocycles. The number of nitrogens with two attached hydrogens (primary N) is 1. The van der Waals surface area contributed by atoms with Gasteiger partial charge in [0, 0.05) is 30.7 Å². The van der Waals surface area contributed by atoms with E-state index in [2.05, 4.69) is 10.6 Å². The zero-order valence-electron chi connectivity index (χ0n) is 19.5. The number of hydrogen-bond acceptors (Lipinski definition) is 3. The van der Waals surface area contributed by atoms with Gasteiger partial charge in [-0.2, -0.15) is 26.3 Å². The molecule has 0 radical (unpaired) electrons. The number of benzene rings is 1. The second kappa shape index (κ2) is 12.0. The predicted molar refractivity (Wildman–Crippen MR) is 119 cm³/mol. The molecule has 198 valence electrons. The fourth-order valence-electron chi connectivity index (χ4n) is 4.12. The zero-order chi connectivity index (χ0) is 26.3. The minimum Gasteiger partial charge on any atom is -0.356 e. The first-order valence-electron chi connectivity index (χ1n) is 11.6. The number of urea groups is 1. The predicted octanol–water partition coefficient (Wildman–Crippen LogP) is 5.43. The van der Waals surface area contributed by atoms with Crippen molar-refractivity contribution < 1.29 is 35.9 Å². The number of amides is 3. The Kier molecular flexibility index (Phi) is 9.82. The van der Waals surface area contributed by atoms with Crippen LogP contribution in [0.5, 0.6) is 0 Å². The van der Waals surface area contributed by atoms with Crippen LogP contribution in [0.3, 0.4) is 0 Å². The molecule has 0 spiro atoms. The lowest BCUT2D eigenvalue weighted by Crippen LogP contribution is -2.46. The zero-order valence-corrected chi connectivity index (χ0v) is 19.5. The summed E-state index contributed by atoms with van der Waals surface area (Å²) >= 11 is 0. The van der Waals surface area contributed by atoms with Crippen molar-refractivity contribution in [2.24, 2.45) is 11.7 Å². The SMILES string of the molecule is CCC(CCNC(=O)CC1(N)CCCCC1)CNC(=O)Nc1cc(C(F)(F)F)cc(C(F)(F)F)c1. The van der Waals surface area contributed by atoms with E-state index in [0.717, 1.165) is 32.1 Å². The van der Waals surface area contributed by atoms with Crippen LogP contribution in [-0.2, 0) is 17.1 Å². The first-order valence-corrected chi connectivity index (χ1v) is 11.6. The summed E-state index contributed by atoms with van der Waals surface area (Å²) in [5, 5.41) is 7.33. The first-order chi connectivity index (χ1) is 16.2. The van der Waals surface area contributed by atoms with E-state index in [1.165, 1.54) is 0 Å². The summed E-state index contributed by atoms with van der Waals surface area (Å²) in [5.74, 6) is -0.199. The monoisotopic (exact) mass is 510 g/mol. The summed E-state index contributed by atoms with van der Waals surface area (Å²) < 4.78 is 77.8. The van der Waals surface area contributed by atoms with Crippen molar-refractivity contribution in [1.29, 1.82) is 0 Å². The number of alkyl halides is 6. The molecule has 1 fully saturated rings. The van der Waals surface area contributed by atoms with E-state index < -0.39 is 40.7 Å². The largest absolute Gasteiger partial charge is 0.416 e. The maximum atomic E-state index is 13.0. The fraction of sp³-hybridized carbons (Fsp3) is 0.652. The summed E-state index contributed by atoms with van der Waals surface area (Å²) in [6, 6.07) is -0.0518.